The number of nitrogens with zero attached hydrogens (tertiary/aromatic N) is 2. The summed E-state index contributed by atoms with van der Waals surface area (Å²) in [4.78, 5) is 4.12. The van der Waals surface area contributed by atoms with Gasteiger partial charge in [-0.3, -0.25) is 9.29 Å². The Balaban J connectivity index is 2.07. The van der Waals surface area contributed by atoms with E-state index in [0.717, 1.165) is 5.56 Å². The molecule has 0 saturated carbocycles. The van der Waals surface area contributed by atoms with Gasteiger partial charge in [0.1, 0.15) is 5.75 Å². The molecule has 140 valence electrons. The summed E-state index contributed by atoms with van der Waals surface area (Å²) < 4.78 is 33.1. The molecule has 1 heterocycles. The first-order valence-corrected chi connectivity index (χ1v) is 10.1. The predicted molar refractivity (Wildman–Crippen MR) is 107 cm³/mol. The van der Waals surface area contributed by atoms with Gasteiger partial charge in [0, 0.05) is 17.4 Å². The molecule has 0 aliphatic carbocycles. The minimum Gasteiger partial charge on any atom is -0.495 e. The zero-order valence-corrected chi connectivity index (χ0v) is 16.7. The summed E-state index contributed by atoms with van der Waals surface area (Å²) in [5.74, 6) is 0.404. The Bertz CT molecular complexity index is 1030. The molecule has 2 aromatic carbocycles. The number of pyridine rings is 1. The highest BCUT2D eigenvalue weighted by Gasteiger charge is 2.26. The molecule has 0 spiro atoms. The van der Waals surface area contributed by atoms with Crippen LogP contribution >= 0.6 is 23.2 Å². The van der Waals surface area contributed by atoms with Gasteiger partial charge in [-0.25, -0.2) is 8.42 Å². The predicted octanol–water partition coefficient (Wildman–Crippen LogP) is 4.79. The number of methoxy groups -OCH3 is 1. The van der Waals surface area contributed by atoms with E-state index < -0.39 is 10.0 Å². The Labute approximate surface area is 168 Å². The van der Waals surface area contributed by atoms with Crippen LogP contribution in [0.25, 0.3) is 0 Å². The minimum absolute atomic E-state index is 0.0622. The van der Waals surface area contributed by atoms with Gasteiger partial charge < -0.3 is 4.74 Å². The molecule has 0 atom stereocenters. The van der Waals surface area contributed by atoms with Gasteiger partial charge >= 0.3 is 0 Å². The van der Waals surface area contributed by atoms with Crippen LogP contribution in [0.1, 0.15) is 5.56 Å². The number of hydrogen-bond acceptors (Lipinski definition) is 4. The fourth-order valence-electron chi connectivity index (χ4n) is 2.51. The highest BCUT2D eigenvalue weighted by molar-refractivity contribution is 7.92. The Kier molecular flexibility index (Phi) is 5.89. The first-order chi connectivity index (χ1) is 12.9. The van der Waals surface area contributed by atoms with E-state index in [1.807, 2.05) is 6.07 Å². The largest absolute Gasteiger partial charge is 0.495 e. The Morgan fingerprint density at radius 1 is 1.07 bits per heavy atom. The maximum atomic E-state index is 13.3. The molecule has 0 aliphatic heterocycles. The van der Waals surface area contributed by atoms with Crippen molar-refractivity contribution in [2.24, 2.45) is 0 Å². The molecule has 8 heteroatoms. The number of hydrogen-bond donors (Lipinski definition) is 0. The van der Waals surface area contributed by atoms with Gasteiger partial charge in [-0.15, -0.1) is 0 Å². The van der Waals surface area contributed by atoms with Crippen LogP contribution in [0.4, 0.5) is 5.69 Å². The van der Waals surface area contributed by atoms with Crippen molar-refractivity contribution in [3.05, 3.63) is 82.6 Å². The summed E-state index contributed by atoms with van der Waals surface area (Å²) >= 11 is 12.1. The van der Waals surface area contributed by atoms with E-state index >= 15 is 0 Å². The summed E-state index contributed by atoms with van der Waals surface area (Å²) in [6.45, 7) is 0.113. The second-order valence-corrected chi connectivity index (χ2v) is 8.35. The van der Waals surface area contributed by atoms with Crippen LogP contribution in [0.5, 0.6) is 5.75 Å². The molecule has 0 radical (unpaired) electrons. The number of ether oxygens (including phenoxy) is 1. The number of halogens is 2. The highest BCUT2D eigenvalue weighted by Crippen LogP contribution is 2.31. The van der Waals surface area contributed by atoms with Gasteiger partial charge in [0.25, 0.3) is 10.0 Å². The minimum atomic E-state index is -3.89. The van der Waals surface area contributed by atoms with Crippen molar-refractivity contribution in [3.8, 4) is 5.75 Å². The third-order valence-electron chi connectivity index (χ3n) is 3.87. The van der Waals surface area contributed by atoms with Gasteiger partial charge in [-0.2, -0.15) is 0 Å². The molecule has 0 saturated heterocycles. The monoisotopic (exact) mass is 422 g/mol. The van der Waals surface area contributed by atoms with Gasteiger partial charge in [-0.1, -0.05) is 29.3 Å². The average Bonchev–Trinajstić information content (AvgIpc) is 2.67. The van der Waals surface area contributed by atoms with Crippen LogP contribution < -0.4 is 9.04 Å². The summed E-state index contributed by atoms with van der Waals surface area (Å²) in [7, 11) is -2.42. The molecule has 0 unspecified atom stereocenters. The first-order valence-electron chi connectivity index (χ1n) is 7.92. The normalized spacial score (nSPS) is 11.2. The second-order valence-electron chi connectivity index (χ2n) is 5.65. The van der Waals surface area contributed by atoms with Crippen LogP contribution in [0.3, 0.4) is 0 Å². The van der Waals surface area contributed by atoms with E-state index in [2.05, 4.69) is 4.98 Å². The van der Waals surface area contributed by atoms with Crippen molar-refractivity contribution < 1.29 is 13.2 Å². The maximum absolute atomic E-state index is 13.3. The summed E-state index contributed by atoms with van der Waals surface area (Å²) in [5.41, 5.74) is 1.23. The summed E-state index contributed by atoms with van der Waals surface area (Å²) in [6.07, 6.45) is 3.26. The van der Waals surface area contributed by atoms with Crippen molar-refractivity contribution >= 4 is 38.9 Å². The fraction of sp³-hybridized carbons (Fsp3) is 0.105. The maximum Gasteiger partial charge on any atom is 0.264 e. The van der Waals surface area contributed by atoms with E-state index in [4.69, 9.17) is 27.9 Å². The van der Waals surface area contributed by atoms with Crippen molar-refractivity contribution in [3.63, 3.8) is 0 Å². The van der Waals surface area contributed by atoms with Crippen LogP contribution in [0.2, 0.25) is 10.0 Å². The number of benzene rings is 2. The molecule has 0 N–H and O–H groups in total. The molecule has 5 nitrogen and oxygen atoms in total. The van der Waals surface area contributed by atoms with E-state index in [-0.39, 0.29) is 16.5 Å². The lowest BCUT2D eigenvalue weighted by Gasteiger charge is -2.25. The number of sulfonamides is 1. The number of rotatable bonds is 6. The van der Waals surface area contributed by atoms with Gasteiger partial charge in [0.2, 0.25) is 0 Å². The Morgan fingerprint density at radius 2 is 1.81 bits per heavy atom. The summed E-state index contributed by atoms with van der Waals surface area (Å²) in [5, 5.41) is 0.737. The lowest BCUT2D eigenvalue weighted by Crippen LogP contribution is -2.30. The zero-order valence-electron chi connectivity index (χ0n) is 14.3. The number of aromatic nitrogens is 1. The lowest BCUT2D eigenvalue weighted by molar-refractivity contribution is 0.414. The van der Waals surface area contributed by atoms with Crippen molar-refractivity contribution in [1.29, 1.82) is 0 Å². The molecule has 3 rings (SSSR count). The lowest BCUT2D eigenvalue weighted by atomic mass is 10.2. The van der Waals surface area contributed by atoms with Gasteiger partial charge in [-0.05, 0) is 54.1 Å². The summed E-state index contributed by atoms with van der Waals surface area (Å²) in [6, 6.07) is 14.5. The molecule has 27 heavy (non-hydrogen) atoms. The van der Waals surface area contributed by atoms with Crippen LogP contribution in [-0.2, 0) is 16.6 Å². The van der Waals surface area contributed by atoms with Crippen molar-refractivity contribution in [2.75, 3.05) is 11.4 Å². The SMILES string of the molecule is COc1ccc(S(=O)(=O)N(Cc2cccnc2)c2ccc(Cl)cc2)cc1Cl. The van der Waals surface area contributed by atoms with E-state index in [0.29, 0.717) is 16.5 Å². The highest BCUT2D eigenvalue weighted by atomic mass is 35.5. The second kappa shape index (κ2) is 8.17. The molecule has 0 bridgehead atoms. The smallest absolute Gasteiger partial charge is 0.264 e. The molecule has 3 aromatic rings. The van der Waals surface area contributed by atoms with Crippen LogP contribution in [-0.4, -0.2) is 20.5 Å². The standard InChI is InChI=1S/C19H16Cl2N2O3S/c1-26-19-9-8-17(11-18(19)21)27(24,25)23(13-14-3-2-10-22-12-14)16-6-4-15(20)5-7-16/h2-12H,13H2,1H3. The molecular weight excluding hydrogens is 407 g/mol. The quantitative estimate of drug-likeness (QED) is 0.572. The van der Waals surface area contributed by atoms with Crippen molar-refractivity contribution in [2.45, 2.75) is 11.4 Å². The average molecular weight is 423 g/mol. The zero-order chi connectivity index (χ0) is 19.4. The number of anilines is 1. The van der Waals surface area contributed by atoms with E-state index in [1.165, 1.54) is 29.6 Å². The molecule has 0 fully saturated rings. The van der Waals surface area contributed by atoms with Crippen LogP contribution in [0, 0.1) is 0 Å². The third-order valence-corrected chi connectivity index (χ3v) is 6.19. The van der Waals surface area contributed by atoms with E-state index in [9.17, 15) is 8.42 Å². The molecule has 0 aliphatic rings. The van der Waals surface area contributed by atoms with Gasteiger partial charge in [0.15, 0.2) is 0 Å². The van der Waals surface area contributed by atoms with Crippen molar-refractivity contribution in [1.82, 2.24) is 4.98 Å². The Morgan fingerprint density at radius 3 is 2.41 bits per heavy atom. The molecule has 1 aromatic heterocycles. The van der Waals surface area contributed by atoms with Crippen LogP contribution in [0.15, 0.2) is 71.9 Å². The first kappa shape index (κ1) is 19.5. The fourth-order valence-corrected chi connectivity index (χ4v) is 4.44. The van der Waals surface area contributed by atoms with Gasteiger partial charge in [0.05, 0.1) is 29.3 Å². The van der Waals surface area contributed by atoms with E-state index in [1.54, 1.807) is 42.7 Å². The third kappa shape index (κ3) is 4.35. The molecule has 0 amide bonds. The molecular formula is C19H16Cl2N2O3S. The Hall–Kier alpha value is -2.28. The topological polar surface area (TPSA) is 59.5 Å².